The van der Waals surface area contributed by atoms with Gasteiger partial charge >= 0.3 is 0 Å². The molecule has 1 N–H and O–H groups in total. The summed E-state index contributed by atoms with van der Waals surface area (Å²) < 4.78 is 54.1. The summed E-state index contributed by atoms with van der Waals surface area (Å²) in [4.78, 5) is 0.0811. The molecule has 0 fully saturated rings. The van der Waals surface area contributed by atoms with Gasteiger partial charge in [-0.15, -0.1) is 5.10 Å². The zero-order chi connectivity index (χ0) is 16.3. The lowest BCUT2D eigenvalue weighted by atomic mass is 10.3. The van der Waals surface area contributed by atoms with Gasteiger partial charge < -0.3 is 5.32 Å². The summed E-state index contributed by atoms with van der Waals surface area (Å²) in [5.74, 6) is -2.66. The molecule has 0 unspecified atom stereocenters. The van der Waals surface area contributed by atoms with Crippen LogP contribution in [0.4, 0.5) is 23.2 Å². The Bertz CT molecular complexity index is 680. The molecule has 22 heavy (non-hydrogen) atoms. The number of thiocarbonyl (C=S) groups is 1. The lowest BCUT2D eigenvalue weighted by Crippen LogP contribution is -2.12. The summed E-state index contributed by atoms with van der Waals surface area (Å²) in [7, 11) is 0. The van der Waals surface area contributed by atoms with E-state index in [1.165, 1.54) is 18.2 Å². The normalized spacial score (nSPS) is 11.2. The Hall–Kier alpha value is -0.970. The van der Waals surface area contributed by atoms with Crippen molar-refractivity contribution < 1.29 is 17.6 Å². The summed E-state index contributed by atoms with van der Waals surface area (Å²) in [5, 5.41) is 6.24. The highest BCUT2D eigenvalue weighted by molar-refractivity contribution is 7.99. The quantitative estimate of drug-likeness (QED) is 0.432. The number of rotatable bonds is 5. The Morgan fingerprint density at radius 1 is 1.32 bits per heavy atom. The van der Waals surface area contributed by atoms with E-state index in [1.54, 1.807) is 0 Å². The average Bonchev–Trinajstić information content (AvgIpc) is 2.90. The van der Waals surface area contributed by atoms with E-state index < -0.39 is 17.9 Å². The highest BCUT2D eigenvalue weighted by atomic mass is 35.5. The van der Waals surface area contributed by atoms with Gasteiger partial charge in [0.15, 0.2) is 5.69 Å². The summed E-state index contributed by atoms with van der Waals surface area (Å²) in [5.41, 5.74) is -0.298. The maximum atomic E-state index is 12.8. The second kappa shape index (κ2) is 7.53. The van der Waals surface area contributed by atoms with Crippen molar-refractivity contribution in [1.82, 2.24) is 9.59 Å². The molecule has 2 aromatic rings. The van der Waals surface area contributed by atoms with E-state index in [1.807, 2.05) is 0 Å². The van der Waals surface area contributed by atoms with E-state index in [9.17, 15) is 17.6 Å². The molecule has 0 spiro atoms. The molecule has 0 saturated heterocycles. The third kappa shape index (κ3) is 4.28. The van der Waals surface area contributed by atoms with Crippen molar-refractivity contribution in [2.45, 2.75) is 17.1 Å². The van der Waals surface area contributed by atoms with Gasteiger partial charge in [0.05, 0.1) is 5.69 Å². The van der Waals surface area contributed by atoms with Crippen LogP contribution in [0.5, 0.6) is 0 Å². The minimum absolute atomic E-state index is 0.00653. The number of anilines is 1. The second-order valence-corrected chi connectivity index (χ2v) is 6.39. The first kappa shape index (κ1) is 17.4. The highest BCUT2D eigenvalue weighted by Crippen LogP contribution is 2.35. The van der Waals surface area contributed by atoms with Gasteiger partial charge in [-0.1, -0.05) is 40.1 Å². The maximum absolute atomic E-state index is 12.8. The molecule has 0 aliphatic heterocycles. The van der Waals surface area contributed by atoms with Crippen molar-refractivity contribution in [3.05, 3.63) is 33.8 Å². The number of hydrogen-bond acceptors (Lipinski definition) is 5. The lowest BCUT2D eigenvalue weighted by Gasteiger charge is -2.12. The number of nitrogens with zero attached hydrogens (tertiary/aromatic N) is 2. The predicted octanol–water partition coefficient (Wildman–Crippen LogP) is 5.23. The molecule has 0 radical (unpaired) electrons. The largest absolute Gasteiger partial charge is 0.344 e. The van der Waals surface area contributed by atoms with Gasteiger partial charge in [-0.2, -0.15) is 8.78 Å². The van der Waals surface area contributed by atoms with Crippen molar-refractivity contribution in [3.8, 4) is 0 Å². The van der Waals surface area contributed by atoms with E-state index >= 15 is 0 Å². The van der Waals surface area contributed by atoms with Crippen molar-refractivity contribution >= 4 is 57.8 Å². The molecule has 11 heteroatoms. The Balaban J connectivity index is 2.26. The fourth-order valence-corrected chi connectivity index (χ4v) is 3.23. The van der Waals surface area contributed by atoms with E-state index in [4.69, 9.17) is 23.8 Å². The predicted molar refractivity (Wildman–Crippen MR) is 83.5 cm³/mol. The zero-order valence-electron chi connectivity index (χ0n) is 10.4. The molecule has 0 aliphatic rings. The fourth-order valence-electron chi connectivity index (χ4n) is 1.47. The molecule has 2 rings (SSSR count). The lowest BCUT2D eigenvalue weighted by molar-refractivity contribution is 0.146. The van der Waals surface area contributed by atoms with Crippen LogP contribution < -0.4 is 5.32 Å². The van der Waals surface area contributed by atoms with Crippen LogP contribution in [0.2, 0.25) is 5.02 Å². The third-order valence-corrected chi connectivity index (χ3v) is 4.53. The first-order valence-corrected chi connectivity index (χ1v) is 7.98. The first-order valence-electron chi connectivity index (χ1n) is 5.54. The van der Waals surface area contributed by atoms with Gasteiger partial charge in [0, 0.05) is 9.92 Å². The highest BCUT2D eigenvalue weighted by Gasteiger charge is 2.22. The molecule has 0 aliphatic carbocycles. The number of benzene rings is 1. The molecule has 1 aromatic carbocycles. The SMILES string of the molecule is FC(F)Sc1cc(Cl)ccc1NC(=S)c1snnc1C(F)F. The van der Waals surface area contributed by atoms with Gasteiger partial charge in [-0.3, -0.25) is 0 Å². The van der Waals surface area contributed by atoms with Crippen molar-refractivity contribution in [2.75, 3.05) is 5.32 Å². The molecule has 0 saturated carbocycles. The van der Waals surface area contributed by atoms with Crippen molar-refractivity contribution in [3.63, 3.8) is 0 Å². The zero-order valence-corrected chi connectivity index (χ0v) is 13.6. The first-order chi connectivity index (χ1) is 10.4. The average molecular weight is 388 g/mol. The van der Waals surface area contributed by atoms with Gasteiger partial charge in [-0.25, -0.2) is 8.78 Å². The Kier molecular flexibility index (Phi) is 5.95. The van der Waals surface area contributed by atoms with Crippen LogP contribution in [0.3, 0.4) is 0 Å². The standard InChI is InChI=1S/C11H6ClF4N3S3/c12-4-1-2-5(6(3-4)21-11(15)16)17-10(20)8-7(9(13)14)18-19-22-8/h1-3,9,11H,(H,17,20). The molecular weight excluding hydrogens is 382 g/mol. The monoisotopic (exact) mass is 387 g/mol. The smallest absolute Gasteiger partial charge is 0.288 e. The number of hydrogen-bond donors (Lipinski definition) is 1. The summed E-state index contributed by atoms with van der Waals surface area (Å²) >= 11 is 11.8. The topological polar surface area (TPSA) is 37.8 Å². The van der Waals surface area contributed by atoms with E-state index in [-0.39, 0.29) is 37.2 Å². The number of alkyl halides is 4. The molecule has 1 heterocycles. The molecule has 118 valence electrons. The van der Waals surface area contributed by atoms with Crippen molar-refractivity contribution in [2.24, 2.45) is 0 Å². The van der Waals surface area contributed by atoms with E-state index in [2.05, 4.69) is 14.9 Å². The Morgan fingerprint density at radius 2 is 2.05 bits per heavy atom. The molecular formula is C11H6ClF4N3S3. The molecule has 3 nitrogen and oxygen atoms in total. The Morgan fingerprint density at radius 3 is 2.68 bits per heavy atom. The van der Waals surface area contributed by atoms with Crippen LogP contribution >= 0.6 is 47.1 Å². The summed E-state index contributed by atoms with van der Waals surface area (Å²) in [6.07, 6.45) is -2.83. The van der Waals surface area contributed by atoms with Crippen LogP contribution in [0, 0.1) is 0 Å². The number of aromatic nitrogens is 2. The van der Waals surface area contributed by atoms with Crippen LogP contribution in [-0.4, -0.2) is 20.3 Å². The fraction of sp³-hybridized carbons (Fsp3) is 0.182. The summed E-state index contributed by atoms with van der Waals surface area (Å²) in [6, 6.07) is 4.25. The van der Waals surface area contributed by atoms with E-state index in [0.29, 0.717) is 11.5 Å². The molecule has 0 amide bonds. The van der Waals surface area contributed by atoms with Gasteiger partial charge in [0.1, 0.15) is 9.87 Å². The second-order valence-electron chi connectivity index (χ2n) is 3.76. The number of halogens is 5. The molecule has 0 atom stereocenters. The van der Waals surface area contributed by atoms with Crippen LogP contribution in [0.25, 0.3) is 0 Å². The minimum Gasteiger partial charge on any atom is -0.344 e. The summed E-state index contributed by atoms with van der Waals surface area (Å²) in [6.45, 7) is 0. The minimum atomic E-state index is -2.83. The van der Waals surface area contributed by atoms with Gasteiger partial charge in [0.25, 0.3) is 12.2 Å². The van der Waals surface area contributed by atoms with E-state index in [0.717, 1.165) is 0 Å². The van der Waals surface area contributed by atoms with Gasteiger partial charge in [-0.05, 0) is 29.7 Å². The Labute approximate surface area is 141 Å². The van der Waals surface area contributed by atoms with Crippen LogP contribution in [0.15, 0.2) is 23.1 Å². The third-order valence-electron chi connectivity index (χ3n) is 2.33. The molecule has 1 aromatic heterocycles. The molecule has 0 bridgehead atoms. The van der Waals surface area contributed by atoms with Gasteiger partial charge in [0.2, 0.25) is 0 Å². The van der Waals surface area contributed by atoms with Crippen molar-refractivity contribution in [1.29, 1.82) is 0 Å². The number of thioether (sulfide) groups is 1. The number of nitrogens with one attached hydrogen (secondary N) is 1. The van der Waals surface area contributed by atoms with Crippen LogP contribution in [0.1, 0.15) is 17.0 Å². The maximum Gasteiger partial charge on any atom is 0.288 e. The van der Waals surface area contributed by atoms with Crippen LogP contribution in [-0.2, 0) is 0 Å².